The molecule has 0 unspecified atom stereocenters. The average Bonchev–Trinajstić information content (AvgIpc) is 3.01. The van der Waals surface area contributed by atoms with Crippen LogP contribution in [0.15, 0.2) is 18.7 Å². The van der Waals surface area contributed by atoms with Crippen molar-refractivity contribution in [3.8, 4) is 0 Å². The fraction of sp³-hybridized carbons (Fsp3) is 0.833. The maximum absolute atomic E-state index is 5.65. The molecule has 0 spiro atoms. The maximum Gasteiger partial charge on any atom is 0.241 e. The van der Waals surface area contributed by atoms with Crippen molar-refractivity contribution < 1.29 is 9.30 Å². The Bertz CT molecular complexity index is 298. The monoisotopic (exact) mass is 295 g/mol. The van der Waals surface area contributed by atoms with Crippen LogP contribution in [-0.2, 0) is 11.3 Å². The second-order valence-corrected chi connectivity index (χ2v) is 6.00. The van der Waals surface area contributed by atoms with E-state index in [1.165, 1.54) is 70.6 Å². The van der Waals surface area contributed by atoms with Gasteiger partial charge in [-0.1, -0.05) is 71.1 Å². The SMILES string of the molecule is CCCCCCCCCCCCCOCC[n+]1cc[nH]c1. The van der Waals surface area contributed by atoms with E-state index >= 15 is 0 Å². The van der Waals surface area contributed by atoms with Crippen LogP contribution in [0.2, 0.25) is 0 Å². The summed E-state index contributed by atoms with van der Waals surface area (Å²) in [6, 6.07) is 0. The van der Waals surface area contributed by atoms with Gasteiger partial charge in [-0.3, -0.25) is 4.98 Å². The van der Waals surface area contributed by atoms with Gasteiger partial charge in [0.1, 0.15) is 18.9 Å². The minimum atomic E-state index is 0.820. The fourth-order valence-corrected chi connectivity index (χ4v) is 2.60. The second kappa shape index (κ2) is 14.1. The Morgan fingerprint density at radius 2 is 1.43 bits per heavy atom. The summed E-state index contributed by atoms with van der Waals surface area (Å²) in [5.41, 5.74) is 0. The Labute approximate surface area is 131 Å². The van der Waals surface area contributed by atoms with Crippen molar-refractivity contribution in [3.05, 3.63) is 18.7 Å². The lowest BCUT2D eigenvalue weighted by Crippen LogP contribution is -2.33. The Hall–Kier alpha value is -0.830. The third-order valence-electron chi connectivity index (χ3n) is 3.99. The van der Waals surface area contributed by atoms with Crippen LogP contribution >= 0.6 is 0 Å². The number of unbranched alkanes of at least 4 members (excludes halogenated alkanes) is 10. The molecule has 1 rings (SSSR count). The van der Waals surface area contributed by atoms with E-state index in [0.717, 1.165) is 19.8 Å². The molecule has 0 aliphatic rings. The normalized spacial score (nSPS) is 11.1. The summed E-state index contributed by atoms with van der Waals surface area (Å²) >= 11 is 0. The number of rotatable bonds is 15. The van der Waals surface area contributed by atoms with Gasteiger partial charge in [0.05, 0.1) is 6.61 Å². The molecule has 1 aromatic heterocycles. The van der Waals surface area contributed by atoms with Crippen molar-refractivity contribution in [1.29, 1.82) is 0 Å². The first-order valence-electron chi connectivity index (χ1n) is 9.03. The highest BCUT2D eigenvalue weighted by atomic mass is 16.5. The Kier molecular flexibility index (Phi) is 12.3. The summed E-state index contributed by atoms with van der Waals surface area (Å²) in [7, 11) is 0. The van der Waals surface area contributed by atoms with E-state index in [9.17, 15) is 0 Å². The molecular weight excluding hydrogens is 260 g/mol. The predicted octanol–water partition coefficient (Wildman–Crippen LogP) is 4.63. The molecule has 0 aromatic carbocycles. The number of hydrogen-bond donors (Lipinski definition) is 1. The van der Waals surface area contributed by atoms with E-state index in [1.54, 1.807) is 0 Å². The van der Waals surface area contributed by atoms with Gasteiger partial charge in [0.15, 0.2) is 0 Å². The van der Waals surface area contributed by atoms with Crippen LogP contribution in [0.4, 0.5) is 0 Å². The lowest BCUT2D eigenvalue weighted by molar-refractivity contribution is -0.697. The molecule has 122 valence electrons. The first-order chi connectivity index (χ1) is 10.4. The van der Waals surface area contributed by atoms with Gasteiger partial charge >= 0.3 is 0 Å². The highest BCUT2D eigenvalue weighted by molar-refractivity contribution is 4.55. The molecule has 0 fully saturated rings. The third-order valence-corrected chi connectivity index (χ3v) is 3.99. The third kappa shape index (κ3) is 11.5. The molecule has 3 heteroatoms. The minimum absolute atomic E-state index is 0.820. The maximum atomic E-state index is 5.65. The van der Waals surface area contributed by atoms with Crippen LogP contribution in [0, 0.1) is 0 Å². The molecule has 0 radical (unpaired) electrons. The number of nitrogens with one attached hydrogen (secondary N) is 1. The molecule has 0 saturated carbocycles. The number of aromatic amines is 1. The van der Waals surface area contributed by atoms with Crippen molar-refractivity contribution in [2.45, 2.75) is 84.1 Å². The molecule has 1 aromatic rings. The Morgan fingerprint density at radius 1 is 0.810 bits per heavy atom. The molecule has 1 N–H and O–H groups in total. The molecule has 0 aliphatic heterocycles. The van der Waals surface area contributed by atoms with Gasteiger partial charge in [0.25, 0.3) is 0 Å². The van der Waals surface area contributed by atoms with Gasteiger partial charge in [-0.15, -0.1) is 0 Å². The highest BCUT2D eigenvalue weighted by Gasteiger charge is 1.97. The number of aromatic nitrogens is 2. The quantitative estimate of drug-likeness (QED) is 0.371. The number of nitrogens with zero attached hydrogens (tertiary/aromatic N) is 1. The largest absolute Gasteiger partial charge is 0.377 e. The summed E-state index contributed by atoms with van der Waals surface area (Å²) < 4.78 is 7.77. The van der Waals surface area contributed by atoms with Crippen molar-refractivity contribution in [3.63, 3.8) is 0 Å². The van der Waals surface area contributed by atoms with E-state index in [4.69, 9.17) is 4.74 Å². The summed E-state index contributed by atoms with van der Waals surface area (Å²) in [5.74, 6) is 0. The van der Waals surface area contributed by atoms with Crippen LogP contribution in [0.5, 0.6) is 0 Å². The summed E-state index contributed by atoms with van der Waals surface area (Å²) in [4.78, 5) is 3.04. The lowest BCUT2D eigenvalue weighted by atomic mass is 10.1. The highest BCUT2D eigenvalue weighted by Crippen LogP contribution is 2.11. The molecule has 0 atom stereocenters. The number of H-pyrrole nitrogens is 1. The van der Waals surface area contributed by atoms with Crippen LogP contribution < -0.4 is 4.57 Å². The zero-order valence-corrected chi connectivity index (χ0v) is 14.0. The first-order valence-corrected chi connectivity index (χ1v) is 9.03. The van der Waals surface area contributed by atoms with E-state index in [0.29, 0.717) is 0 Å². The van der Waals surface area contributed by atoms with Crippen LogP contribution in [-0.4, -0.2) is 18.2 Å². The van der Waals surface area contributed by atoms with Gasteiger partial charge in [0.2, 0.25) is 6.33 Å². The molecule has 0 aliphatic carbocycles. The van der Waals surface area contributed by atoms with Gasteiger partial charge in [-0.25, -0.2) is 4.57 Å². The van der Waals surface area contributed by atoms with Crippen molar-refractivity contribution in [2.75, 3.05) is 13.2 Å². The zero-order chi connectivity index (χ0) is 15.0. The van der Waals surface area contributed by atoms with Gasteiger partial charge < -0.3 is 4.74 Å². The molecule has 3 nitrogen and oxygen atoms in total. The first kappa shape index (κ1) is 18.2. The van der Waals surface area contributed by atoms with Crippen LogP contribution in [0.25, 0.3) is 0 Å². The van der Waals surface area contributed by atoms with E-state index < -0.39 is 0 Å². The topological polar surface area (TPSA) is 28.9 Å². The average molecular weight is 295 g/mol. The molecule has 21 heavy (non-hydrogen) atoms. The smallest absolute Gasteiger partial charge is 0.241 e. The summed E-state index contributed by atoms with van der Waals surface area (Å²) in [6.45, 7) is 4.96. The van der Waals surface area contributed by atoms with Crippen molar-refractivity contribution in [1.82, 2.24) is 4.98 Å². The standard InChI is InChI=1S/C18H34N2O/c1-2-3-4-5-6-7-8-9-10-11-12-16-21-17-15-20-14-13-19-18-20/h13-14,18H,2-12,15-17H2,1H3/p+1. The van der Waals surface area contributed by atoms with Gasteiger partial charge in [-0.05, 0) is 6.42 Å². The van der Waals surface area contributed by atoms with E-state index in [1.807, 2.05) is 18.7 Å². The Balaban J connectivity index is 1.69. The van der Waals surface area contributed by atoms with Crippen LogP contribution in [0.1, 0.15) is 77.6 Å². The second-order valence-electron chi connectivity index (χ2n) is 6.00. The molecule has 1 heterocycles. The molecule has 0 amide bonds. The molecule has 0 bridgehead atoms. The van der Waals surface area contributed by atoms with Gasteiger partial charge in [-0.2, -0.15) is 0 Å². The molecular formula is C18H35N2O+. The number of ether oxygens (including phenoxy) is 1. The summed E-state index contributed by atoms with van der Waals surface area (Å²) in [6.07, 6.45) is 21.2. The number of imidazole rings is 1. The Morgan fingerprint density at radius 3 is 2.00 bits per heavy atom. The minimum Gasteiger partial charge on any atom is -0.377 e. The van der Waals surface area contributed by atoms with Crippen molar-refractivity contribution in [2.24, 2.45) is 0 Å². The van der Waals surface area contributed by atoms with Gasteiger partial charge in [0, 0.05) is 6.61 Å². The van der Waals surface area contributed by atoms with E-state index in [-0.39, 0.29) is 0 Å². The number of hydrogen-bond acceptors (Lipinski definition) is 1. The van der Waals surface area contributed by atoms with E-state index in [2.05, 4.69) is 16.5 Å². The van der Waals surface area contributed by atoms with Crippen molar-refractivity contribution >= 4 is 0 Å². The molecule has 0 saturated heterocycles. The van der Waals surface area contributed by atoms with Crippen LogP contribution in [0.3, 0.4) is 0 Å². The summed E-state index contributed by atoms with van der Waals surface area (Å²) in [5, 5.41) is 0. The predicted molar refractivity (Wildman–Crippen MR) is 88.3 cm³/mol. The lowest BCUT2D eigenvalue weighted by Gasteiger charge is -2.04. The fourth-order valence-electron chi connectivity index (χ4n) is 2.60. The zero-order valence-electron chi connectivity index (χ0n) is 14.0.